The summed E-state index contributed by atoms with van der Waals surface area (Å²) in [6, 6.07) is 9.61. The normalized spacial score (nSPS) is 28.4. The van der Waals surface area contributed by atoms with Crippen LogP contribution < -0.4 is 10.2 Å². The van der Waals surface area contributed by atoms with E-state index in [9.17, 15) is 0 Å². The van der Waals surface area contributed by atoms with Gasteiger partial charge in [0.1, 0.15) is 0 Å². The molecule has 1 aliphatic carbocycles. The van der Waals surface area contributed by atoms with Crippen LogP contribution in [0.2, 0.25) is 5.02 Å². The number of hydrogen-bond donors (Lipinski definition) is 1. The fourth-order valence-electron chi connectivity index (χ4n) is 3.66. The lowest BCUT2D eigenvalue weighted by Crippen LogP contribution is -2.67. The Hall–Kier alpha value is -0.440. The summed E-state index contributed by atoms with van der Waals surface area (Å²) in [5, 5.41) is 4.66. The van der Waals surface area contributed by atoms with E-state index in [0.29, 0.717) is 12.1 Å². The van der Waals surface area contributed by atoms with Crippen LogP contribution in [-0.4, -0.2) is 24.2 Å². The molecule has 1 aromatic rings. The van der Waals surface area contributed by atoms with Crippen molar-refractivity contribution in [3.05, 3.63) is 29.3 Å². The van der Waals surface area contributed by atoms with Gasteiger partial charge in [0, 0.05) is 34.9 Å². The van der Waals surface area contributed by atoms with Gasteiger partial charge in [-0.25, -0.2) is 0 Å². The molecule has 112 valence electrons. The predicted molar refractivity (Wildman–Crippen MR) is 89.3 cm³/mol. The van der Waals surface area contributed by atoms with Crippen LogP contribution in [0.15, 0.2) is 24.3 Å². The van der Waals surface area contributed by atoms with Crippen molar-refractivity contribution in [2.45, 2.75) is 57.2 Å². The van der Waals surface area contributed by atoms with Crippen LogP contribution in [0.1, 0.15) is 39.5 Å². The topological polar surface area (TPSA) is 15.3 Å². The van der Waals surface area contributed by atoms with E-state index >= 15 is 0 Å². The highest BCUT2D eigenvalue weighted by Crippen LogP contribution is 2.33. The first-order chi connectivity index (χ1) is 9.05. The zero-order valence-electron chi connectivity index (χ0n) is 12.2. The summed E-state index contributed by atoms with van der Waals surface area (Å²) < 4.78 is 0. The smallest absolute Gasteiger partial charge is 0.0444 e. The van der Waals surface area contributed by atoms with Crippen molar-refractivity contribution in [3.63, 3.8) is 0 Å². The molecular weight excluding hydrogens is 291 g/mol. The summed E-state index contributed by atoms with van der Waals surface area (Å²) in [6.45, 7) is 5.68. The quantitative estimate of drug-likeness (QED) is 0.833. The number of hydrogen-bond acceptors (Lipinski definition) is 2. The molecule has 0 amide bonds. The van der Waals surface area contributed by atoms with Crippen molar-refractivity contribution in [2.24, 2.45) is 0 Å². The standard InChI is InChI=1S/C16H23ClN2.ClH/c1-16(2)11-19(13-9-7-12(17)8-10-13)15-6-4-3-5-14(15)18-16;/h7-10,14-15,18H,3-6,11H2,1-2H3;1H/t14-,15+;/m0./s1. The van der Waals surface area contributed by atoms with Crippen LogP contribution >= 0.6 is 24.0 Å². The Kier molecular flexibility index (Phi) is 4.88. The maximum Gasteiger partial charge on any atom is 0.0444 e. The first-order valence-corrected chi connectivity index (χ1v) is 7.73. The number of nitrogens with zero attached hydrogens (tertiary/aromatic N) is 1. The summed E-state index contributed by atoms with van der Waals surface area (Å²) in [5.41, 5.74) is 1.49. The highest BCUT2D eigenvalue weighted by molar-refractivity contribution is 6.30. The van der Waals surface area contributed by atoms with Gasteiger partial charge < -0.3 is 10.2 Å². The van der Waals surface area contributed by atoms with E-state index in [-0.39, 0.29) is 17.9 Å². The molecule has 0 radical (unpaired) electrons. The number of fused-ring (bicyclic) bond motifs is 1. The molecule has 0 aromatic heterocycles. The average Bonchev–Trinajstić information content (AvgIpc) is 2.37. The van der Waals surface area contributed by atoms with Crippen molar-refractivity contribution < 1.29 is 0 Å². The van der Waals surface area contributed by atoms with Gasteiger partial charge in [0.15, 0.2) is 0 Å². The lowest BCUT2D eigenvalue weighted by molar-refractivity contribution is 0.199. The Labute approximate surface area is 133 Å². The molecule has 1 aliphatic heterocycles. The van der Waals surface area contributed by atoms with Crippen LogP contribution in [0.4, 0.5) is 5.69 Å². The molecule has 1 N–H and O–H groups in total. The molecule has 2 fully saturated rings. The number of nitrogens with one attached hydrogen (secondary N) is 1. The predicted octanol–water partition coefficient (Wildman–Crippen LogP) is 4.26. The summed E-state index contributed by atoms with van der Waals surface area (Å²) in [6.07, 6.45) is 5.32. The highest BCUT2D eigenvalue weighted by atomic mass is 35.5. The van der Waals surface area contributed by atoms with E-state index in [1.54, 1.807) is 0 Å². The molecule has 1 saturated carbocycles. The van der Waals surface area contributed by atoms with Crippen LogP contribution in [0.5, 0.6) is 0 Å². The second-order valence-electron chi connectivity index (χ2n) is 6.59. The first kappa shape index (κ1) is 15.9. The number of benzene rings is 1. The van der Waals surface area contributed by atoms with E-state index in [1.807, 2.05) is 12.1 Å². The van der Waals surface area contributed by atoms with Crippen molar-refractivity contribution in [3.8, 4) is 0 Å². The Morgan fingerprint density at radius 3 is 2.50 bits per heavy atom. The second kappa shape index (κ2) is 6.13. The molecule has 2 atom stereocenters. The summed E-state index contributed by atoms with van der Waals surface area (Å²) in [5.74, 6) is 0. The van der Waals surface area contributed by atoms with Crippen LogP contribution in [-0.2, 0) is 0 Å². The minimum Gasteiger partial charge on any atom is -0.365 e. The van der Waals surface area contributed by atoms with E-state index in [2.05, 4.69) is 36.2 Å². The number of rotatable bonds is 1. The first-order valence-electron chi connectivity index (χ1n) is 7.35. The Morgan fingerprint density at radius 2 is 1.80 bits per heavy atom. The van der Waals surface area contributed by atoms with Crippen LogP contribution in [0.3, 0.4) is 0 Å². The minimum absolute atomic E-state index is 0. The Balaban J connectivity index is 0.00000147. The van der Waals surface area contributed by atoms with Gasteiger partial charge in [0.05, 0.1) is 0 Å². The van der Waals surface area contributed by atoms with Crippen molar-refractivity contribution in [1.29, 1.82) is 0 Å². The number of anilines is 1. The Morgan fingerprint density at radius 1 is 1.15 bits per heavy atom. The molecule has 1 heterocycles. The monoisotopic (exact) mass is 314 g/mol. The number of piperazine rings is 1. The van der Waals surface area contributed by atoms with Gasteiger partial charge in [-0.15, -0.1) is 12.4 Å². The molecular formula is C16H24Cl2N2. The van der Waals surface area contributed by atoms with Crippen LogP contribution in [0, 0.1) is 0 Å². The molecule has 0 spiro atoms. The fraction of sp³-hybridized carbons (Fsp3) is 0.625. The van der Waals surface area contributed by atoms with Gasteiger partial charge in [-0.05, 0) is 51.0 Å². The molecule has 1 saturated heterocycles. The minimum atomic E-state index is 0. The third-order valence-corrected chi connectivity index (χ3v) is 4.68. The maximum atomic E-state index is 6.01. The maximum absolute atomic E-state index is 6.01. The summed E-state index contributed by atoms with van der Waals surface area (Å²) in [7, 11) is 0. The van der Waals surface area contributed by atoms with Crippen molar-refractivity contribution in [2.75, 3.05) is 11.4 Å². The zero-order valence-corrected chi connectivity index (χ0v) is 13.8. The average molecular weight is 315 g/mol. The third-order valence-electron chi connectivity index (χ3n) is 4.43. The van der Waals surface area contributed by atoms with Gasteiger partial charge in [-0.1, -0.05) is 24.4 Å². The van der Waals surface area contributed by atoms with Crippen molar-refractivity contribution in [1.82, 2.24) is 5.32 Å². The number of halogens is 2. The second-order valence-corrected chi connectivity index (χ2v) is 7.03. The summed E-state index contributed by atoms with van der Waals surface area (Å²) >= 11 is 6.01. The fourth-order valence-corrected chi connectivity index (χ4v) is 3.78. The highest BCUT2D eigenvalue weighted by Gasteiger charge is 2.40. The third kappa shape index (κ3) is 3.24. The van der Waals surface area contributed by atoms with Gasteiger partial charge in [-0.3, -0.25) is 0 Å². The van der Waals surface area contributed by atoms with E-state index in [0.717, 1.165) is 11.6 Å². The van der Waals surface area contributed by atoms with E-state index in [1.165, 1.54) is 31.4 Å². The Bertz CT molecular complexity index is 444. The van der Waals surface area contributed by atoms with Gasteiger partial charge in [0.25, 0.3) is 0 Å². The van der Waals surface area contributed by atoms with E-state index in [4.69, 9.17) is 11.6 Å². The van der Waals surface area contributed by atoms with Crippen LogP contribution in [0.25, 0.3) is 0 Å². The van der Waals surface area contributed by atoms with E-state index < -0.39 is 0 Å². The van der Waals surface area contributed by atoms with Crippen molar-refractivity contribution >= 4 is 29.7 Å². The molecule has 2 aliphatic rings. The molecule has 0 bridgehead atoms. The molecule has 2 nitrogen and oxygen atoms in total. The molecule has 3 rings (SSSR count). The SMILES string of the molecule is CC1(C)CN(c2ccc(Cl)cc2)[C@@H]2CCCC[C@@H]2N1.Cl. The molecule has 1 aromatic carbocycles. The van der Waals surface area contributed by atoms with Gasteiger partial charge in [-0.2, -0.15) is 0 Å². The lowest BCUT2D eigenvalue weighted by Gasteiger charge is -2.52. The van der Waals surface area contributed by atoms with Gasteiger partial charge >= 0.3 is 0 Å². The molecule has 20 heavy (non-hydrogen) atoms. The largest absolute Gasteiger partial charge is 0.365 e. The zero-order chi connectivity index (χ0) is 13.5. The molecule has 0 unspecified atom stereocenters. The van der Waals surface area contributed by atoms with Gasteiger partial charge in [0.2, 0.25) is 0 Å². The molecule has 4 heteroatoms. The lowest BCUT2D eigenvalue weighted by atomic mass is 9.83. The summed E-state index contributed by atoms with van der Waals surface area (Å²) in [4.78, 5) is 2.59.